The number of hydrogen-bond acceptors (Lipinski definition) is 4. The van der Waals surface area contributed by atoms with Crippen LogP contribution in [-0.4, -0.2) is 32.3 Å². The van der Waals surface area contributed by atoms with Gasteiger partial charge in [-0.25, -0.2) is 0 Å². The number of benzene rings is 1. The topological polar surface area (TPSA) is 98.4 Å². The number of carboxylic acid groups (broad SMARTS) is 2. The summed E-state index contributed by atoms with van der Waals surface area (Å²) in [6, 6.07) is 8.44. The largest absolute Gasteiger partial charge is 0.480 e. The molecule has 0 heterocycles. The highest BCUT2D eigenvalue weighted by molar-refractivity contribution is 8.05. The number of alkyl halides is 1. The summed E-state index contributed by atoms with van der Waals surface area (Å²) in [5.41, 5.74) is 0.588. The van der Waals surface area contributed by atoms with Crippen molar-refractivity contribution in [1.29, 1.82) is 5.26 Å². The Balaban J connectivity index is 3.13. The van der Waals surface area contributed by atoms with E-state index < -0.39 is 22.1 Å². The number of thiocyanates is 1. The van der Waals surface area contributed by atoms with Crippen molar-refractivity contribution in [2.24, 2.45) is 0 Å². The Morgan fingerprint density at radius 1 is 1.37 bits per heavy atom. The Hall–Kier alpha value is -1.71. The summed E-state index contributed by atoms with van der Waals surface area (Å²) in [7, 11) is 0. The first kappa shape index (κ1) is 15.3. The Kier molecular flexibility index (Phi) is 5.21. The SMILES string of the molecule is N#CSC(C(=O)O)C(Cl)(Cc1ccccc1)C(=O)O. The Labute approximate surface area is 118 Å². The first-order chi connectivity index (χ1) is 8.91. The predicted molar refractivity (Wildman–Crippen MR) is 71.0 cm³/mol. The van der Waals surface area contributed by atoms with E-state index in [9.17, 15) is 14.7 Å². The van der Waals surface area contributed by atoms with Gasteiger partial charge in [-0.05, 0) is 17.3 Å². The third kappa shape index (κ3) is 3.63. The minimum Gasteiger partial charge on any atom is -0.480 e. The van der Waals surface area contributed by atoms with Gasteiger partial charge in [0, 0.05) is 6.42 Å². The maximum absolute atomic E-state index is 11.3. The van der Waals surface area contributed by atoms with E-state index in [0.717, 1.165) is 0 Å². The molecule has 0 aliphatic rings. The van der Waals surface area contributed by atoms with Crippen molar-refractivity contribution >= 4 is 35.3 Å². The van der Waals surface area contributed by atoms with Gasteiger partial charge in [0.1, 0.15) is 10.7 Å². The molecule has 0 aromatic heterocycles. The van der Waals surface area contributed by atoms with Gasteiger partial charge in [-0.3, -0.25) is 9.59 Å². The van der Waals surface area contributed by atoms with E-state index in [2.05, 4.69) is 0 Å². The number of nitrogens with zero attached hydrogens (tertiary/aromatic N) is 1. The normalized spacial score (nSPS) is 14.9. The predicted octanol–water partition coefficient (Wildman–Crippen LogP) is 1.96. The number of aliphatic carboxylic acids is 2. The quantitative estimate of drug-likeness (QED) is 0.615. The Bertz CT molecular complexity index is 516. The van der Waals surface area contributed by atoms with Crippen molar-refractivity contribution in [1.82, 2.24) is 0 Å². The van der Waals surface area contributed by atoms with Crippen molar-refractivity contribution in [3.8, 4) is 5.40 Å². The Morgan fingerprint density at radius 3 is 2.37 bits per heavy atom. The molecule has 0 aliphatic heterocycles. The number of rotatable bonds is 6. The van der Waals surface area contributed by atoms with Crippen LogP contribution in [0.15, 0.2) is 30.3 Å². The van der Waals surface area contributed by atoms with E-state index in [-0.39, 0.29) is 6.42 Å². The number of hydrogen-bond donors (Lipinski definition) is 2. The summed E-state index contributed by atoms with van der Waals surface area (Å²) >= 11 is 6.33. The van der Waals surface area contributed by atoms with Crippen LogP contribution in [0, 0.1) is 10.7 Å². The summed E-state index contributed by atoms with van der Waals surface area (Å²) in [5, 5.41) is 26.9. The summed E-state index contributed by atoms with van der Waals surface area (Å²) in [4.78, 5) is 20.4. The first-order valence-corrected chi connectivity index (χ1v) is 6.41. The zero-order chi connectivity index (χ0) is 14.5. The van der Waals surface area contributed by atoms with Gasteiger partial charge in [-0.1, -0.05) is 30.3 Å². The molecule has 19 heavy (non-hydrogen) atoms. The van der Waals surface area contributed by atoms with Gasteiger partial charge in [0.15, 0.2) is 4.87 Å². The maximum atomic E-state index is 11.3. The van der Waals surface area contributed by atoms with E-state index in [4.69, 9.17) is 22.0 Å². The molecule has 2 N–H and O–H groups in total. The van der Waals surface area contributed by atoms with Crippen molar-refractivity contribution in [3.63, 3.8) is 0 Å². The van der Waals surface area contributed by atoms with Crippen LogP contribution in [0.3, 0.4) is 0 Å². The summed E-state index contributed by atoms with van der Waals surface area (Å²) in [6.45, 7) is 0. The summed E-state index contributed by atoms with van der Waals surface area (Å²) in [6.07, 6.45) is -0.184. The minimum atomic E-state index is -2.08. The molecule has 0 amide bonds. The van der Waals surface area contributed by atoms with Gasteiger partial charge < -0.3 is 10.2 Å². The molecule has 2 unspecified atom stereocenters. The fourth-order valence-corrected chi connectivity index (χ4v) is 2.52. The second-order valence-corrected chi connectivity index (χ2v) is 5.32. The van der Waals surface area contributed by atoms with Crippen LogP contribution in [-0.2, 0) is 16.0 Å². The lowest BCUT2D eigenvalue weighted by Gasteiger charge is -2.26. The van der Waals surface area contributed by atoms with Gasteiger partial charge >= 0.3 is 11.9 Å². The fourth-order valence-electron chi connectivity index (χ4n) is 1.57. The zero-order valence-electron chi connectivity index (χ0n) is 9.62. The molecule has 0 radical (unpaired) electrons. The number of nitriles is 1. The molecule has 7 heteroatoms. The molecule has 0 aliphatic carbocycles. The molecule has 0 fully saturated rings. The molecule has 1 aromatic rings. The summed E-state index contributed by atoms with van der Waals surface area (Å²) < 4.78 is 0. The molecule has 0 spiro atoms. The van der Waals surface area contributed by atoms with Crippen molar-refractivity contribution in [3.05, 3.63) is 35.9 Å². The molecule has 1 aromatic carbocycles. The number of carboxylic acids is 2. The monoisotopic (exact) mass is 299 g/mol. The van der Waals surface area contributed by atoms with E-state index in [1.54, 1.807) is 35.7 Å². The van der Waals surface area contributed by atoms with Gasteiger partial charge in [-0.2, -0.15) is 5.26 Å². The van der Waals surface area contributed by atoms with Crippen LogP contribution >= 0.6 is 23.4 Å². The molecule has 0 saturated heterocycles. The third-order valence-corrected chi connectivity index (χ3v) is 4.06. The van der Waals surface area contributed by atoms with Gasteiger partial charge in [-0.15, -0.1) is 11.6 Å². The van der Waals surface area contributed by atoms with Crippen LogP contribution in [0.4, 0.5) is 0 Å². The molecule has 2 atom stereocenters. The lowest BCUT2D eigenvalue weighted by atomic mass is 9.95. The molecule has 1 rings (SSSR count). The van der Waals surface area contributed by atoms with Gasteiger partial charge in [0.25, 0.3) is 0 Å². The van der Waals surface area contributed by atoms with Crippen molar-refractivity contribution < 1.29 is 19.8 Å². The third-order valence-electron chi connectivity index (χ3n) is 2.47. The lowest BCUT2D eigenvalue weighted by Crippen LogP contribution is -2.48. The van der Waals surface area contributed by atoms with E-state index in [0.29, 0.717) is 17.3 Å². The molecule has 100 valence electrons. The average Bonchev–Trinajstić information content (AvgIpc) is 2.36. The molecule has 5 nitrogen and oxygen atoms in total. The van der Waals surface area contributed by atoms with E-state index in [1.165, 1.54) is 0 Å². The van der Waals surface area contributed by atoms with Crippen LogP contribution in [0.1, 0.15) is 5.56 Å². The van der Waals surface area contributed by atoms with Crippen LogP contribution in [0.5, 0.6) is 0 Å². The fraction of sp³-hybridized carbons (Fsp3) is 0.250. The van der Waals surface area contributed by atoms with Gasteiger partial charge in [0.2, 0.25) is 0 Å². The number of halogens is 1. The average molecular weight is 300 g/mol. The van der Waals surface area contributed by atoms with Gasteiger partial charge in [0.05, 0.1) is 0 Å². The number of thioether (sulfide) groups is 1. The number of carbonyl (C=O) groups is 2. The van der Waals surface area contributed by atoms with Crippen LogP contribution in [0.2, 0.25) is 0 Å². The highest BCUT2D eigenvalue weighted by Gasteiger charge is 2.49. The first-order valence-electron chi connectivity index (χ1n) is 5.15. The van der Waals surface area contributed by atoms with E-state index in [1.807, 2.05) is 0 Å². The molecular formula is C12H10ClNO4S. The standard InChI is InChI=1S/C12H10ClNO4S/c13-12(11(17)18,9(10(15)16)19-7-14)6-8-4-2-1-3-5-8/h1-5,9H,6H2,(H,15,16)(H,17,18). The van der Waals surface area contributed by atoms with Crippen molar-refractivity contribution in [2.75, 3.05) is 0 Å². The van der Waals surface area contributed by atoms with Crippen LogP contribution < -0.4 is 0 Å². The van der Waals surface area contributed by atoms with E-state index >= 15 is 0 Å². The Morgan fingerprint density at radius 2 is 1.95 bits per heavy atom. The highest BCUT2D eigenvalue weighted by atomic mass is 35.5. The smallest absolute Gasteiger partial charge is 0.326 e. The minimum absolute atomic E-state index is 0.184. The maximum Gasteiger partial charge on any atom is 0.326 e. The van der Waals surface area contributed by atoms with Crippen molar-refractivity contribution in [2.45, 2.75) is 16.5 Å². The lowest BCUT2D eigenvalue weighted by molar-refractivity contribution is -0.146. The zero-order valence-corrected chi connectivity index (χ0v) is 11.2. The molecule has 0 saturated carbocycles. The highest BCUT2D eigenvalue weighted by Crippen LogP contribution is 2.33. The second-order valence-electron chi connectivity index (χ2n) is 3.76. The summed E-state index contributed by atoms with van der Waals surface area (Å²) in [5.74, 6) is -2.90. The molecular weight excluding hydrogens is 290 g/mol. The molecule has 0 bridgehead atoms. The van der Waals surface area contributed by atoms with Crippen LogP contribution in [0.25, 0.3) is 0 Å². The second kappa shape index (κ2) is 6.45.